The molecule has 41 heavy (non-hydrogen) atoms. The number of carbonyl (C=O) groups is 1. The highest BCUT2D eigenvalue weighted by Gasteiger charge is 2.31. The molecule has 7 heteroatoms. The Morgan fingerprint density at radius 1 is 0.805 bits per heavy atom. The predicted molar refractivity (Wildman–Crippen MR) is 160 cm³/mol. The Balaban J connectivity index is 1.40. The molecule has 0 aliphatic carbocycles. The summed E-state index contributed by atoms with van der Waals surface area (Å²) < 4.78 is 41.6. The van der Waals surface area contributed by atoms with Crippen LogP contribution in [0.4, 0.5) is 13.2 Å². The lowest BCUT2D eigenvalue weighted by atomic mass is 9.97. The molecule has 0 saturated heterocycles. The van der Waals surface area contributed by atoms with Gasteiger partial charge >= 0.3 is 6.36 Å². The van der Waals surface area contributed by atoms with Crippen molar-refractivity contribution >= 4 is 5.91 Å². The van der Waals surface area contributed by atoms with Crippen LogP contribution in [0, 0.1) is 0 Å². The number of nitrogens with one attached hydrogen (secondary N) is 1. The first kappa shape index (κ1) is 32.2. The van der Waals surface area contributed by atoms with Crippen LogP contribution in [0.1, 0.15) is 98.7 Å². The van der Waals surface area contributed by atoms with Gasteiger partial charge in [0, 0.05) is 18.2 Å². The van der Waals surface area contributed by atoms with E-state index in [9.17, 15) is 18.0 Å². The summed E-state index contributed by atoms with van der Waals surface area (Å²) in [6.07, 6.45) is 8.39. The van der Waals surface area contributed by atoms with Gasteiger partial charge in [-0.2, -0.15) is 0 Å². The molecule has 0 fully saturated rings. The van der Waals surface area contributed by atoms with Crippen molar-refractivity contribution in [2.75, 3.05) is 6.54 Å². The van der Waals surface area contributed by atoms with Crippen LogP contribution < -0.4 is 15.8 Å². The predicted octanol–water partition coefficient (Wildman–Crippen LogP) is 9.15. The molecule has 1 atom stereocenters. The van der Waals surface area contributed by atoms with Crippen molar-refractivity contribution in [2.45, 2.75) is 90.0 Å². The number of amides is 1. The maximum atomic E-state index is 12.5. The molecule has 0 radical (unpaired) electrons. The zero-order valence-electron chi connectivity index (χ0n) is 24.0. The summed E-state index contributed by atoms with van der Waals surface area (Å²) in [7, 11) is 0. The summed E-state index contributed by atoms with van der Waals surface area (Å²) in [6, 6.07) is 20.7. The summed E-state index contributed by atoms with van der Waals surface area (Å²) >= 11 is 0. The maximum Gasteiger partial charge on any atom is 0.573 e. The van der Waals surface area contributed by atoms with Crippen LogP contribution >= 0.6 is 0 Å². The molecule has 0 aliphatic rings. The van der Waals surface area contributed by atoms with Crippen LogP contribution in [0.15, 0.2) is 72.8 Å². The van der Waals surface area contributed by atoms with Crippen LogP contribution in [0.5, 0.6) is 5.75 Å². The van der Waals surface area contributed by atoms with Crippen molar-refractivity contribution in [1.82, 2.24) is 5.32 Å². The van der Waals surface area contributed by atoms with Gasteiger partial charge in [-0.3, -0.25) is 4.79 Å². The van der Waals surface area contributed by atoms with Crippen LogP contribution in [0.25, 0.3) is 11.1 Å². The first-order valence-corrected chi connectivity index (χ1v) is 14.8. The Morgan fingerprint density at radius 2 is 1.37 bits per heavy atom. The van der Waals surface area contributed by atoms with E-state index in [1.54, 1.807) is 6.07 Å². The largest absolute Gasteiger partial charge is 0.573 e. The fourth-order valence-electron chi connectivity index (χ4n) is 4.88. The Hall–Kier alpha value is -3.32. The summed E-state index contributed by atoms with van der Waals surface area (Å²) in [5.74, 6) is -0.335. The molecule has 0 heterocycles. The molecule has 1 unspecified atom stereocenters. The number of ether oxygens (including phenoxy) is 1. The quantitative estimate of drug-likeness (QED) is 0.160. The lowest BCUT2D eigenvalue weighted by molar-refractivity contribution is -0.274. The molecule has 0 spiro atoms. The van der Waals surface area contributed by atoms with Crippen molar-refractivity contribution in [3.05, 3.63) is 89.5 Å². The molecule has 3 aromatic rings. The van der Waals surface area contributed by atoms with Crippen molar-refractivity contribution in [3.8, 4) is 16.9 Å². The fourth-order valence-corrected chi connectivity index (χ4v) is 4.88. The number of hydrogen-bond donors (Lipinski definition) is 2. The lowest BCUT2D eigenvalue weighted by Gasteiger charge is -2.15. The lowest BCUT2D eigenvalue weighted by Crippen LogP contribution is -2.24. The standard InChI is InChI=1S/C34H43F3N2O2/c1-2-3-4-5-6-7-8-9-10-11-23-39-33(40)29-21-19-28(20-22-29)27-17-15-26(16-18-27)24-32(38)30-13-12-14-31(25-30)41-34(35,36)37/h12-22,25,32H,2-11,23-24,38H2,1H3,(H,39,40). The van der Waals surface area contributed by atoms with E-state index in [0.29, 0.717) is 24.1 Å². The molecule has 3 rings (SSSR count). The number of alkyl halides is 3. The van der Waals surface area contributed by atoms with E-state index in [4.69, 9.17) is 5.73 Å². The van der Waals surface area contributed by atoms with E-state index < -0.39 is 12.4 Å². The molecule has 0 saturated carbocycles. The Labute approximate surface area is 242 Å². The van der Waals surface area contributed by atoms with Gasteiger partial charge in [-0.25, -0.2) is 0 Å². The first-order chi connectivity index (χ1) is 19.7. The van der Waals surface area contributed by atoms with Crippen molar-refractivity contribution in [1.29, 1.82) is 0 Å². The van der Waals surface area contributed by atoms with Gasteiger partial charge in [0.1, 0.15) is 5.75 Å². The van der Waals surface area contributed by atoms with Crippen molar-refractivity contribution in [3.63, 3.8) is 0 Å². The van der Waals surface area contributed by atoms with E-state index in [0.717, 1.165) is 29.5 Å². The second-order valence-corrected chi connectivity index (χ2v) is 10.6. The van der Waals surface area contributed by atoms with Crippen molar-refractivity contribution in [2.24, 2.45) is 5.73 Å². The number of unbranched alkanes of at least 4 members (excludes halogenated alkanes) is 9. The highest BCUT2D eigenvalue weighted by molar-refractivity contribution is 5.94. The summed E-state index contributed by atoms with van der Waals surface area (Å²) in [6.45, 7) is 2.94. The normalized spacial score (nSPS) is 12.2. The number of rotatable bonds is 17. The second-order valence-electron chi connectivity index (χ2n) is 10.6. The monoisotopic (exact) mass is 568 g/mol. The number of carbonyl (C=O) groups excluding carboxylic acids is 1. The minimum atomic E-state index is -4.74. The highest BCUT2D eigenvalue weighted by atomic mass is 19.4. The van der Waals surface area contributed by atoms with Gasteiger partial charge in [0.2, 0.25) is 0 Å². The first-order valence-electron chi connectivity index (χ1n) is 14.8. The van der Waals surface area contributed by atoms with Crippen LogP contribution in [-0.2, 0) is 6.42 Å². The topological polar surface area (TPSA) is 64.4 Å². The third-order valence-corrected chi connectivity index (χ3v) is 7.23. The second kappa shape index (κ2) is 16.8. The number of hydrogen-bond acceptors (Lipinski definition) is 3. The molecular weight excluding hydrogens is 525 g/mol. The average molecular weight is 569 g/mol. The molecule has 4 nitrogen and oxygen atoms in total. The summed E-state index contributed by atoms with van der Waals surface area (Å²) in [4.78, 5) is 12.5. The van der Waals surface area contributed by atoms with E-state index in [2.05, 4.69) is 17.0 Å². The van der Waals surface area contributed by atoms with Gasteiger partial charge in [0.15, 0.2) is 0 Å². The molecule has 0 aromatic heterocycles. The number of halogens is 3. The molecule has 1 amide bonds. The fraction of sp³-hybridized carbons (Fsp3) is 0.441. The molecule has 3 N–H and O–H groups in total. The third kappa shape index (κ3) is 12.0. The van der Waals surface area contributed by atoms with Crippen LogP contribution in [0.3, 0.4) is 0 Å². The van der Waals surface area contributed by atoms with Gasteiger partial charge in [0.05, 0.1) is 0 Å². The molecule has 0 aliphatic heterocycles. The average Bonchev–Trinajstić information content (AvgIpc) is 2.95. The zero-order chi connectivity index (χ0) is 29.5. The van der Waals surface area contributed by atoms with Gasteiger partial charge < -0.3 is 15.8 Å². The molecule has 3 aromatic carbocycles. The molecule has 222 valence electrons. The third-order valence-electron chi connectivity index (χ3n) is 7.23. The summed E-state index contributed by atoms with van der Waals surface area (Å²) in [5.41, 5.74) is 10.4. The number of nitrogens with two attached hydrogens (primary N) is 1. The van der Waals surface area contributed by atoms with Gasteiger partial charge in [-0.1, -0.05) is 113 Å². The Kier molecular flexibility index (Phi) is 13.2. The van der Waals surface area contributed by atoms with Crippen LogP contribution in [-0.4, -0.2) is 18.8 Å². The van der Waals surface area contributed by atoms with Gasteiger partial charge in [-0.05, 0) is 59.4 Å². The van der Waals surface area contributed by atoms with E-state index >= 15 is 0 Å². The van der Waals surface area contributed by atoms with E-state index in [1.807, 2.05) is 48.5 Å². The minimum absolute atomic E-state index is 0.0542. The van der Waals surface area contributed by atoms with E-state index in [-0.39, 0.29) is 11.7 Å². The molecular formula is C34H43F3N2O2. The maximum absolute atomic E-state index is 12.5. The smallest absolute Gasteiger partial charge is 0.406 e. The van der Waals surface area contributed by atoms with Crippen LogP contribution in [0.2, 0.25) is 0 Å². The SMILES string of the molecule is CCCCCCCCCCCCNC(=O)c1ccc(-c2ccc(CC(N)c3cccc(OC(F)(F)F)c3)cc2)cc1. The zero-order valence-corrected chi connectivity index (χ0v) is 24.0. The Bertz CT molecular complexity index is 1180. The summed E-state index contributed by atoms with van der Waals surface area (Å²) in [5, 5.41) is 3.02. The molecule has 0 bridgehead atoms. The Morgan fingerprint density at radius 3 is 1.95 bits per heavy atom. The highest BCUT2D eigenvalue weighted by Crippen LogP contribution is 2.27. The van der Waals surface area contributed by atoms with Gasteiger partial charge in [0.25, 0.3) is 5.91 Å². The van der Waals surface area contributed by atoms with Gasteiger partial charge in [-0.15, -0.1) is 13.2 Å². The van der Waals surface area contributed by atoms with E-state index in [1.165, 1.54) is 69.6 Å². The number of benzene rings is 3. The van der Waals surface area contributed by atoms with Crippen molar-refractivity contribution < 1.29 is 22.7 Å². The minimum Gasteiger partial charge on any atom is -0.406 e.